The lowest BCUT2D eigenvalue weighted by Crippen LogP contribution is -2.41. The maximum Gasteiger partial charge on any atom is 0.238 e. The molecule has 1 heterocycles. The first kappa shape index (κ1) is 16.4. The Bertz CT molecular complexity index is 513. The number of anilines is 2. The van der Waals surface area contributed by atoms with Crippen LogP contribution in [-0.4, -0.2) is 30.4 Å². The van der Waals surface area contributed by atoms with Crippen molar-refractivity contribution in [2.45, 2.75) is 26.7 Å². The molecule has 2 rings (SSSR count). The molecule has 4 nitrogen and oxygen atoms in total. The number of rotatable bonds is 3. The van der Waals surface area contributed by atoms with Crippen LogP contribution < -0.4 is 11.1 Å². The molecule has 0 aliphatic carbocycles. The summed E-state index contributed by atoms with van der Waals surface area (Å²) >= 11 is 12.1. The second kappa shape index (κ2) is 6.42. The molecule has 0 unspecified atom stereocenters. The third kappa shape index (κ3) is 4.50. The molecule has 3 N–H and O–H groups in total. The summed E-state index contributed by atoms with van der Waals surface area (Å²) in [6.45, 7) is 6.75. The lowest BCUT2D eigenvalue weighted by atomic mass is 9.83. The third-order valence-electron chi connectivity index (χ3n) is 3.91. The molecule has 0 spiro atoms. The number of hydrogen-bond acceptors (Lipinski definition) is 3. The van der Waals surface area contributed by atoms with Crippen LogP contribution in [0.15, 0.2) is 12.1 Å². The summed E-state index contributed by atoms with van der Waals surface area (Å²) in [5, 5.41) is 3.48. The standard InChI is InChI=1S/C15H21Cl2N3O/c1-15(2)3-5-20(6-4-15)9-13(21)19-14-11(16)7-10(18)8-12(14)17/h7-8H,3-6,9,18H2,1-2H3,(H,19,21). The van der Waals surface area contributed by atoms with E-state index in [9.17, 15) is 4.79 Å². The number of halogens is 2. The Labute approximate surface area is 135 Å². The molecule has 0 bridgehead atoms. The number of nitrogens with zero attached hydrogens (tertiary/aromatic N) is 1. The van der Waals surface area contributed by atoms with Gasteiger partial charge >= 0.3 is 0 Å². The van der Waals surface area contributed by atoms with Crippen molar-refractivity contribution in [1.29, 1.82) is 0 Å². The summed E-state index contributed by atoms with van der Waals surface area (Å²) in [6.07, 6.45) is 2.20. The summed E-state index contributed by atoms with van der Waals surface area (Å²) in [6, 6.07) is 3.15. The van der Waals surface area contributed by atoms with Gasteiger partial charge in [0.2, 0.25) is 5.91 Å². The number of likely N-dealkylation sites (tertiary alicyclic amines) is 1. The molecule has 0 aromatic heterocycles. The Kier molecular flexibility index (Phi) is 5.02. The number of amides is 1. The smallest absolute Gasteiger partial charge is 0.238 e. The monoisotopic (exact) mass is 329 g/mol. The van der Waals surface area contributed by atoms with Gasteiger partial charge in [0.05, 0.1) is 22.3 Å². The van der Waals surface area contributed by atoms with Gasteiger partial charge in [0.15, 0.2) is 0 Å². The second-order valence-corrected chi connectivity index (χ2v) is 7.16. The number of nitrogens with two attached hydrogens (primary N) is 1. The third-order valence-corrected chi connectivity index (χ3v) is 4.50. The van der Waals surface area contributed by atoms with E-state index in [1.54, 1.807) is 12.1 Å². The van der Waals surface area contributed by atoms with Crippen LogP contribution in [0.3, 0.4) is 0 Å². The highest BCUT2D eigenvalue weighted by Gasteiger charge is 2.26. The van der Waals surface area contributed by atoms with E-state index in [0.717, 1.165) is 25.9 Å². The van der Waals surface area contributed by atoms with Gasteiger partial charge in [-0.05, 0) is 43.5 Å². The molecule has 1 aromatic carbocycles. The lowest BCUT2D eigenvalue weighted by Gasteiger charge is -2.36. The first-order chi connectivity index (χ1) is 9.77. The number of nitrogen functional groups attached to an aromatic ring is 1. The molecule has 0 radical (unpaired) electrons. The van der Waals surface area contributed by atoms with Crippen LogP contribution in [0.2, 0.25) is 10.0 Å². The zero-order valence-corrected chi connectivity index (χ0v) is 13.9. The zero-order chi connectivity index (χ0) is 15.6. The first-order valence-electron chi connectivity index (χ1n) is 7.03. The minimum absolute atomic E-state index is 0.108. The highest BCUT2D eigenvalue weighted by molar-refractivity contribution is 6.40. The van der Waals surface area contributed by atoms with Crippen molar-refractivity contribution >= 4 is 40.5 Å². The summed E-state index contributed by atoms with van der Waals surface area (Å²) in [7, 11) is 0. The van der Waals surface area contributed by atoms with E-state index >= 15 is 0 Å². The number of carbonyl (C=O) groups is 1. The molecule has 0 saturated carbocycles. The summed E-state index contributed by atoms with van der Waals surface area (Å²) < 4.78 is 0. The number of benzene rings is 1. The Morgan fingerprint density at radius 1 is 1.29 bits per heavy atom. The van der Waals surface area contributed by atoms with Gasteiger partial charge in [-0.15, -0.1) is 0 Å². The van der Waals surface area contributed by atoms with E-state index in [1.807, 2.05) is 0 Å². The lowest BCUT2D eigenvalue weighted by molar-refractivity contribution is -0.117. The van der Waals surface area contributed by atoms with Crippen molar-refractivity contribution < 1.29 is 4.79 Å². The largest absolute Gasteiger partial charge is 0.399 e. The minimum Gasteiger partial charge on any atom is -0.399 e. The molecule has 1 aliphatic heterocycles. The Hall–Kier alpha value is -0.970. The molecule has 1 fully saturated rings. The summed E-state index contributed by atoms with van der Waals surface area (Å²) in [4.78, 5) is 14.3. The fraction of sp³-hybridized carbons (Fsp3) is 0.533. The van der Waals surface area contributed by atoms with E-state index in [-0.39, 0.29) is 5.91 Å². The first-order valence-corrected chi connectivity index (χ1v) is 7.79. The van der Waals surface area contributed by atoms with Gasteiger partial charge in [0, 0.05) is 5.69 Å². The Morgan fingerprint density at radius 3 is 2.33 bits per heavy atom. The van der Waals surface area contributed by atoms with Gasteiger partial charge in [-0.2, -0.15) is 0 Å². The summed E-state index contributed by atoms with van der Waals surface area (Å²) in [5.41, 5.74) is 6.91. The van der Waals surface area contributed by atoms with Crippen LogP contribution in [0, 0.1) is 5.41 Å². The second-order valence-electron chi connectivity index (χ2n) is 6.35. The predicted octanol–water partition coefficient (Wildman–Crippen LogP) is 3.64. The highest BCUT2D eigenvalue weighted by atomic mass is 35.5. The van der Waals surface area contributed by atoms with Crippen LogP contribution >= 0.6 is 23.2 Å². The molecule has 1 saturated heterocycles. The molecule has 0 atom stereocenters. The number of piperidine rings is 1. The van der Waals surface area contributed by atoms with Crippen LogP contribution in [0.25, 0.3) is 0 Å². The van der Waals surface area contributed by atoms with Crippen LogP contribution in [0.1, 0.15) is 26.7 Å². The average Bonchev–Trinajstić information content (AvgIpc) is 2.36. The quantitative estimate of drug-likeness (QED) is 0.832. The van der Waals surface area contributed by atoms with Crippen molar-refractivity contribution in [3.05, 3.63) is 22.2 Å². The van der Waals surface area contributed by atoms with E-state index in [1.165, 1.54) is 0 Å². The Morgan fingerprint density at radius 2 is 1.81 bits per heavy atom. The van der Waals surface area contributed by atoms with E-state index in [4.69, 9.17) is 28.9 Å². The number of carbonyl (C=O) groups excluding carboxylic acids is 1. The Balaban J connectivity index is 1.94. The molecular weight excluding hydrogens is 309 g/mol. The molecule has 1 aromatic rings. The van der Waals surface area contributed by atoms with Crippen LogP contribution in [0.5, 0.6) is 0 Å². The van der Waals surface area contributed by atoms with Gasteiger partial charge in [0.1, 0.15) is 0 Å². The van der Waals surface area contributed by atoms with Crippen molar-refractivity contribution in [3.8, 4) is 0 Å². The van der Waals surface area contributed by atoms with Crippen LogP contribution in [0.4, 0.5) is 11.4 Å². The van der Waals surface area contributed by atoms with E-state index in [2.05, 4.69) is 24.1 Å². The van der Waals surface area contributed by atoms with Crippen molar-refractivity contribution in [3.63, 3.8) is 0 Å². The number of hydrogen-bond donors (Lipinski definition) is 2. The van der Waals surface area contributed by atoms with Gasteiger partial charge < -0.3 is 11.1 Å². The number of nitrogens with one attached hydrogen (secondary N) is 1. The fourth-order valence-corrected chi connectivity index (χ4v) is 3.01. The van der Waals surface area contributed by atoms with Crippen molar-refractivity contribution in [2.75, 3.05) is 30.7 Å². The van der Waals surface area contributed by atoms with Gasteiger partial charge in [-0.25, -0.2) is 0 Å². The molecule has 21 heavy (non-hydrogen) atoms. The van der Waals surface area contributed by atoms with Crippen LogP contribution in [-0.2, 0) is 4.79 Å². The average molecular weight is 330 g/mol. The normalized spacial score (nSPS) is 18.5. The van der Waals surface area contributed by atoms with Gasteiger partial charge in [-0.1, -0.05) is 37.0 Å². The van der Waals surface area contributed by atoms with Gasteiger partial charge in [0.25, 0.3) is 0 Å². The van der Waals surface area contributed by atoms with E-state index < -0.39 is 0 Å². The maximum atomic E-state index is 12.1. The molecule has 116 valence electrons. The topological polar surface area (TPSA) is 58.4 Å². The maximum absolute atomic E-state index is 12.1. The highest BCUT2D eigenvalue weighted by Crippen LogP contribution is 2.33. The van der Waals surface area contributed by atoms with Crippen molar-refractivity contribution in [2.24, 2.45) is 5.41 Å². The predicted molar refractivity (Wildman–Crippen MR) is 89.0 cm³/mol. The fourth-order valence-electron chi connectivity index (χ4n) is 2.41. The SMILES string of the molecule is CC1(C)CCN(CC(=O)Nc2c(Cl)cc(N)cc2Cl)CC1. The zero-order valence-electron chi connectivity index (χ0n) is 12.4. The molecule has 1 amide bonds. The van der Waals surface area contributed by atoms with Gasteiger partial charge in [-0.3, -0.25) is 9.69 Å². The minimum atomic E-state index is -0.108. The molecular formula is C15H21Cl2N3O. The van der Waals surface area contributed by atoms with Crippen molar-refractivity contribution in [1.82, 2.24) is 4.90 Å². The molecule has 1 aliphatic rings. The van der Waals surface area contributed by atoms with E-state index in [0.29, 0.717) is 33.4 Å². The molecule has 6 heteroatoms. The summed E-state index contributed by atoms with van der Waals surface area (Å²) in [5.74, 6) is -0.108.